The molecule has 8 N–H and O–H groups in total. The minimum Gasteiger partial charge on any atom is -0.482 e. The lowest BCUT2D eigenvalue weighted by atomic mass is 9.70. The molecule has 2 aliphatic rings. The Labute approximate surface area is 626 Å². The Balaban J connectivity index is 0.000000236. The van der Waals surface area contributed by atoms with Gasteiger partial charge in [-0.05, 0) is 215 Å². The number of carbonyl (C=O) groups is 6. The average molecular weight is 1460 g/mol. The van der Waals surface area contributed by atoms with E-state index in [9.17, 15) is 28.8 Å². The molecule has 19 nitrogen and oxygen atoms in total. The highest BCUT2D eigenvalue weighted by Gasteiger charge is 2.57. The van der Waals surface area contributed by atoms with Crippen LogP contribution in [-0.2, 0) is 67.2 Å². The minimum atomic E-state index is -2.70. The number of benzene rings is 6. The van der Waals surface area contributed by atoms with Gasteiger partial charge in [-0.3, -0.25) is 4.79 Å². The number of aromatic nitrogens is 1. The Morgan fingerprint density at radius 1 is 0.619 bits per heavy atom. The smallest absolute Gasteiger partial charge is 0.453 e. The van der Waals surface area contributed by atoms with Crippen LogP contribution in [0.2, 0.25) is 0 Å². The number of amides is 1. The van der Waals surface area contributed by atoms with Crippen molar-refractivity contribution >= 4 is 63.6 Å². The number of hydrogen-bond acceptors (Lipinski definition) is 15. The molecule has 1 amide bonds. The summed E-state index contributed by atoms with van der Waals surface area (Å²) >= 11 is 1.35. The molecule has 1 aliphatic heterocycles. The summed E-state index contributed by atoms with van der Waals surface area (Å²) < 4.78 is 25.6. The van der Waals surface area contributed by atoms with Gasteiger partial charge in [0, 0.05) is 23.3 Å². The molecule has 1 aromatic heterocycles. The molecule has 0 radical (unpaired) electrons. The molecule has 0 bridgehead atoms. The number of carboxylic acids is 4. The highest BCUT2D eigenvalue weighted by Crippen LogP contribution is 2.42. The van der Waals surface area contributed by atoms with E-state index in [0.29, 0.717) is 68.2 Å². The van der Waals surface area contributed by atoms with Crippen molar-refractivity contribution in [2.45, 2.75) is 188 Å². The van der Waals surface area contributed by atoms with Gasteiger partial charge in [0.15, 0.2) is 29.8 Å². The van der Waals surface area contributed by atoms with Gasteiger partial charge in [0.25, 0.3) is 0 Å². The number of carbonyl (C=O) groups excluding carboxylic acids is 2. The van der Waals surface area contributed by atoms with Gasteiger partial charge in [0.1, 0.15) is 11.5 Å². The van der Waals surface area contributed by atoms with Crippen LogP contribution in [0.1, 0.15) is 188 Å². The number of ether oxygens (including phenoxy) is 5. The number of nitrogens with two attached hydrogens (primary N) is 1. The van der Waals surface area contributed by atoms with E-state index in [4.69, 9.17) is 49.8 Å². The predicted octanol–water partition coefficient (Wildman–Crippen LogP) is 18.5. The number of hydrogen-bond donors (Lipinski definition) is 7. The number of nitrogens with zero attached hydrogens (tertiary/aromatic N) is 1. The summed E-state index contributed by atoms with van der Waals surface area (Å²) in [4.78, 5) is 71.2. The zero-order chi connectivity index (χ0) is 78.3. The zero-order valence-corrected chi connectivity index (χ0v) is 65.7. The fourth-order valence-electron chi connectivity index (χ4n) is 10.8. The number of aliphatic carboxylic acids is 3. The van der Waals surface area contributed by atoms with Crippen molar-refractivity contribution in [3.8, 4) is 34.1 Å². The normalized spacial score (nSPS) is 14.2. The molecule has 0 saturated heterocycles. The number of carboxylic acid groups (broad SMARTS) is 4. The summed E-state index contributed by atoms with van der Waals surface area (Å²) in [5.41, 5.74) is 18.0. The molecular formula is C85H114N4O15S. The molecule has 3 unspecified atom stereocenters. The lowest BCUT2D eigenvalue weighted by Crippen LogP contribution is -2.54. The predicted molar refractivity (Wildman–Crippen MR) is 418 cm³/mol. The van der Waals surface area contributed by atoms with Crippen LogP contribution in [0.15, 0.2) is 139 Å². The second-order valence-electron chi connectivity index (χ2n) is 32.7. The standard InChI is InChI=1S/C19H23NO2.C18H26O3.C17H23N3OS.C16H20O6.C15H22O3/c1-19(2,3)10-11-20-17-9-5-7-15(13-17)14-6-4-8-16(12-14)18(21)22;1-5-20-17(19)12-21-16-9-7-13-6-8-15(18(2,3)4)10-14(13)11-16;1-17(2,3)9-8-12-4-6-13(7-5-12)19-15(21)10-14-11-22-16(18)20-14;1-9(15(2,3)4)7-10-5-6-11-12(8-10)22-16(21-11,13(17)18)14(19)20;1-11(15(2,3)4)9-12-5-7-13(8-6-12)18-10-14(16)17/h4-9,12-13,20H,10-11H2,1-3H3,(H,21,22);7,9,11,15H,5-6,8,10,12H2,1-4H3;4-7,11H,8-10H2,1-3H3,(H2,18,20)(H,19,21);5-6,8-9H,7H2,1-4H3,(H,17,18)(H,19,20);5-8,11H,9-10H2,1-4H3,(H,16,17). The summed E-state index contributed by atoms with van der Waals surface area (Å²) in [7, 11) is 0. The average Bonchev–Trinajstić information content (AvgIpc) is 1.62. The molecule has 2 heterocycles. The maximum atomic E-state index is 11.9. The summed E-state index contributed by atoms with van der Waals surface area (Å²) in [6.45, 7) is 40.6. The summed E-state index contributed by atoms with van der Waals surface area (Å²) in [5, 5.41) is 44.4. The maximum Gasteiger partial charge on any atom is 0.453 e. The van der Waals surface area contributed by atoms with E-state index in [0.717, 1.165) is 85.3 Å². The van der Waals surface area contributed by atoms with Gasteiger partial charge in [-0.25, -0.2) is 29.0 Å². The van der Waals surface area contributed by atoms with Crippen LogP contribution in [0.4, 0.5) is 16.5 Å². The van der Waals surface area contributed by atoms with E-state index in [-0.39, 0.29) is 48.4 Å². The first-order chi connectivity index (χ1) is 48.9. The van der Waals surface area contributed by atoms with Crippen molar-refractivity contribution < 1.29 is 72.9 Å². The highest BCUT2D eigenvalue weighted by atomic mass is 32.1. The van der Waals surface area contributed by atoms with Crippen LogP contribution in [0.5, 0.6) is 23.0 Å². The highest BCUT2D eigenvalue weighted by molar-refractivity contribution is 7.13. The molecule has 570 valence electrons. The molecule has 0 saturated carbocycles. The third kappa shape index (κ3) is 29.9. The van der Waals surface area contributed by atoms with E-state index in [1.54, 1.807) is 43.3 Å². The lowest BCUT2D eigenvalue weighted by molar-refractivity contribution is -0.194. The Kier molecular flexibility index (Phi) is 31.6. The van der Waals surface area contributed by atoms with Gasteiger partial charge in [-0.15, -0.1) is 11.3 Å². The van der Waals surface area contributed by atoms with Crippen LogP contribution in [0.25, 0.3) is 11.1 Å². The fraction of sp³-hybridized carbons (Fsp3) is 0.471. The van der Waals surface area contributed by atoms with Gasteiger partial charge < -0.3 is 60.5 Å². The molecule has 6 aromatic carbocycles. The van der Waals surface area contributed by atoms with Gasteiger partial charge >= 0.3 is 35.6 Å². The Morgan fingerprint density at radius 2 is 1.18 bits per heavy atom. The van der Waals surface area contributed by atoms with E-state index >= 15 is 0 Å². The largest absolute Gasteiger partial charge is 0.482 e. The first kappa shape index (κ1) is 86.2. The van der Waals surface area contributed by atoms with Crippen LogP contribution < -0.4 is 35.3 Å². The molecular weight excluding hydrogens is 1350 g/mol. The summed E-state index contributed by atoms with van der Waals surface area (Å²) in [5.74, 6) is -5.04. The lowest BCUT2D eigenvalue weighted by Gasteiger charge is -2.35. The zero-order valence-electron chi connectivity index (χ0n) is 64.9. The summed E-state index contributed by atoms with van der Waals surface area (Å²) in [6, 6.07) is 42.0. The van der Waals surface area contributed by atoms with Gasteiger partial charge in [0.05, 0.1) is 24.3 Å². The number of nitrogen functional groups attached to an aromatic ring is 1. The van der Waals surface area contributed by atoms with Gasteiger partial charge in [0.2, 0.25) is 5.91 Å². The first-order valence-corrected chi connectivity index (χ1v) is 36.9. The van der Waals surface area contributed by atoms with Crippen molar-refractivity contribution in [1.82, 2.24) is 4.98 Å². The van der Waals surface area contributed by atoms with Crippen molar-refractivity contribution in [2.75, 3.05) is 42.7 Å². The van der Waals surface area contributed by atoms with Crippen LogP contribution in [0, 0.1) is 44.8 Å². The molecule has 0 spiro atoms. The number of nitrogens with one attached hydrogen (secondary N) is 2. The third-order valence-electron chi connectivity index (χ3n) is 18.5. The van der Waals surface area contributed by atoms with E-state index < -0.39 is 29.7 Å². The number of thiazole rings is 1. The molecule has 7 aromatic rings. The minimum absolute atomic E-state index is 0.0185. The Bertz CT molecular complexity index is 3970. The van der Waals surface area contributed by atoms with Crippen molar-refractivity contribution in [2.24, 2.45) is 44.8 Å². The van der Waals surface area contributed by atoms with E-state index in [1.807, 2.05) is 72.1 Å². The Hall–Kier alpha value is -9.43. The maximum absolute atomic E-state index is 11.9. The van der Waals surface area contributed by atoms with Crippen molar-refractivity contribution in [3.05, 3.63) is 178 Å². The third-order valence-corrected chi connectivity index (χ3v) is 19.2. The first-order valence-electron chi connectivity index (χ1n) is 36.0. The second kappa shape index (κ2) is 38.5. The van der Waals surface area contributed by atoms with E-state index in [1.165, 1.54) is 40.0 Å². The number of aryl methyl sites for hydroxylation is 2. The fourth-order valence-corrected chi connectivity index (χ4v) is 11.4. The SMILES string of the molecule is CC(C)(C)CCNc1cccc(-c2cccc(C(=O)O)c2)c1.CC(C)(C)CCc1ccc(NC(=O)Cc2csc(N)n2)cc1.CC(Cc1ccc(OCC(=O)O)cc1)C(C)(C)C.CC(Cc1ccc2c(c1)OC(C(=O)O)(C(=O)O)O2)C(C)(C)C.CCOC(=O)COc1ccc2c(c1)CC(C(C)(C)C)CC2. The van der Waals surface area contributed by atoms with Gasteiger partial charge in [-0.1, -0.05) is 178 Å². The molecule has 3 atom stereocenters. The van der Waals surface area contributed by atoms with Gasteiger partial charge in [-0.2, -0.15) is 0 Å². The van der Waals surface area contributed by atoms with Crippen molar-refractivity contribution in [1.29, 1.82) is 0 Å². The molecule has 9 rings (SSSR count). The quantitative estimate of drug-likeness (QED) is 0.0231. The molecule has 105 heavy (non-hydrogen) atoms. The number of aromatic carboxylic acids is 1. The number of esters is 1. The topological polar surface area (TPSA) is 292 Å². The number of fused-ring (bicyclic) bond motifs is 2. The second-order valence-corrected chi connectivity index (χ2v) is 33.6. The van der Waals surface area contributed by atoms with E-state index in [2.05, 4.69) is 164 Å². The van der Waals surface area contributed by atoms with Crippen LogP contribution >= 0.6 is 11.3 Å². The Morgan fingerprint density at radius 3 is 1.73 bits per heavy atom. The molecule has 0 fully saturated rings. The number of rotatable bonds is 23. The summed E-state index contributed by atoms with van der Waals surface area (Å²) in [6.07, 6.45) is 8.80. The van der Waals surface area contributed by atoms with Crippen LogP contribution in [-0.4, -0.2) is 93.3 Å². The molecule has 20 heteroatoms. The van der Waals surface area contributed by atoms with Crippen LogP contribution in [0.3, 0.4) is 0 Å². The molecule has 1 aliphatic carbocycles. The number of anilines is 3. The monoisotopic (exact) mass is 1460 g/mol. The van der Waals surface area contributed by atoms with Crippen molar-refractivity contribution in [3.63, 3.8) is 0 Å².